The maximum Gasteiger partial charge on any atom is 0.490 e. The number of nitrogens with two attached hydrogens (primary N) is 2. The Morgan fingerprint density at radius 1 is 1.02 bits per heavy atom. The van der Waals surface area contributed by atoms with E-state index in [0.717, 1.165) is 35.8 Å². The lowest BCUT2D eigenvalue weighted by molar-refractivity contribution is -0.140. The van der Waals surface area contributed by atoms with Crippen molar-refractivity contribution in [2.75, 3.05) is 12.3 Å². The maximum atomic E-state index is 13.0. The van der Waals surface area contributed by atoms with Crippen LogP contribution >= 0.6 is 35.2 Å². The van der Waals surface area contributed by atoms with Crippen LogP contribution in [0.5, 0.6) is 0 Å². The van der Waals surface area contributed by atoms with Crippen LogP contribution in [0.4, 0.5) is 4.79 Å². The maximum absolute atomic E-state index is 13.0. The fraction of sp³-hybridized carbons (Fsp3) is 0.679. The Kier molecular flexibility index (Phi) is 18.1. The van der Waals surface area contributed by atoms with Crippen molar-refractivity contribution in [1.29, 1.82) is 0 Å². The van der Waals surface area contributed by atoms with E-state index in [-0.39, 0.29) is 55.8 Å². The molecule has 0 spiro atoms. The van der Waals surface area contributed by atoms with Gasteiger partial charge in [-0.1, -0.05) is 18.9 Å². The molecule has 0 aromatic carbocycles. The Morgan fingerprint density at radius 2 is 1.71 bits per heavy atom. The van der Waals surface area contributed by atoms with Gasteiger partial charge in [0.15, 0.2) is 11.9 Å². The third kappa shape index (κ3) is 15.2. The molecule has 0 radical (unpaired) electrons. The molecule has 0 saturated carbocycles. The number of aliphatic carboxylic acids is 1. The number of nitrogens with zero attached hydrogens (tertiary/aromatic N) is 1. The number of aliphatic hydroxyl groups excluding tert-OH is 1. The van der Waals surface area contributed by atoms with Crippen molar-refractivity contribution in [3.05, 3.63) is 44.9 Å². The first-order chi connectivity index (χ1) is 26.1. The van der Waals surface area contributed by atoms with Crippen molar-refractivity contribution in [3.8, 4) is 0 Å². The van der Waals surface area contributed by atoms with Crippen LogP contribution in [-0.4, -0.2) is 105 Å². The number of H-pyrrole nitrogens is 1. The summed E-state index contributed by atoms with van der Waals surface area (Å²) in [4.78, 5) is 97.9. The van der Waals surface area contributed by atoms with Crippen LogP contribution in [0.15, 0.2) is 28.1 Å². The zero-order valence-corrected chi connectivity index (χ0v) is 33.2. The second kappa shape index (κ2) is 21.3. The number of rotatable bonds is 21. The molecule has 3 saturated heterocycles. The Balaban J connectivity index is 0.000000433. The Morgan fingerprint density at radius 3 is 2.36 bits per heavy atom. The van der Waals surface area contributed by atoms with Crippen molar-refractivity contribution in [3.63, 3.8) is 0 Å². The van der Waals surface area contributed by atoms with E-state index >= 15 is 0 Å². The van der Waals surface area contributed by atoms with Crippen molar-refractivity contribution in [2.45, 2.75) is 106 Å². The number of aliphatic hydroxyl groups is 1. The number of carboxylic acids is 1. The molecule has 13 N–H and O–H groups in total. The summed E-state index contributed by atoms with van der Waals surface area (Å²) in [7, 11) is -17.4. The molecule has 56 heavy (non-hydrogen) atoms. The van der Waals surface area contributed by atoms with E-state index in [1.54, 1.807) is 0 Å². The van der Waals surface area contributed by atoms with E-state index in [9.17, 15) is 52.6 Å². The van der Waals surface area contributed by atoms with Gasteiger partial charge in [0.2, 0.25) is 0 Å². The largest absolute Gasteiger partial charge is 0.490 e. The normalized spacial score (nSPS) is 26.0. The van der Waals surface area contributed by atoms with Gasteiger partial charge < -0.3 is 56.6 Å². The number of phosphoric ester groups is 1. The lowest BCUT2D eigenvalue weighted by Crippen LogP contribution is -2.42. The van der Waals surface area contributed by atoms with Gasteiger partial charge in [0.1, 0.15) is 12.3 Å². The lowest BCUT2D eigenvalue weighted by atomic mass is 10.00. The number of ether oxygens (including phenoxy) is 1. The predicted molar refractivity (Wildman–Crippen MR) is 196 cm³/mol. The highest BCUT2D eigenvalue weighted by molar-refractivity contribution is 8.00. The summed E-state index contributed by atoms with van der Waals surface area (Å²) in [6.07, 6.45) is 0.360. The third-order valence-electron chi connectivity index (χ3n) is 8.44. The standard InChI is InChI=1S/C18H31N4O15P3.C10H16N2O3S/c19-7-3-1-2-6-12(23)16(35-39(30,31)37-40(32,33)36-38(27,28)29)15-13(24)9-14(34-15)22-10-11(5-4-8-20)17(25)21-18(22)26;13-8(14)4-2-1-3-7-9-6(5-16-7)11-10(15)12-9/h4,8,10,13-16,24H,1-3,5-7,9,19-20H2,(H,30,31)(H,32,33)(H,21,25,26)(H2,27,28,29);6-7,9H,1-5H2,(H,13,14)(H2,11,12,15)/t13-,14+,15-,16?;6-,7-,9-/m00/s1. The minimum Gasteiger partial charge on any atom is -0.481 e. The number of nitrogens with one attached hydrogen (secondary N) is 3. The van der Waals surface area contributed by atoms with Crippen LogP contribution in [0.1, 0.15) is 69.6 Å². The molecule has 0 aliphatic carbocycles. The van der Waals surface area contributed by atoms with Gasteiger partial charge in [0.05, 0.1) is 18.2 Å². The summed E-state index contributed by atoms with van der Waals surface area (Å²) in [5.74, 6) is -0.689. The second-order valence-electron chi connectivity index (χ2n) is 12.8. The number of aromatic amines is 1. The number of carboxylic acid groups (broad SMARTS) is 1. The van der Waals surface area contributed by atoms with Crippen LogP contribution in [0.25, 0.3) is 0 Å². The number of carbonyl (C=O) groups excluding carboxylic acids is 2. The van der Waals surface area contributed by atoms with Crippen LogP contribution < -0.4 is 33.3 Å². The van der Waals surface area contributed by atoms with E-state index in [0.29, 0.717) is 24.6 Å². The van der Waals surface area contributed by atoms with Crippen LogP contribution in [0.3, 0.4) is 0 Å². The van der Waals surface area contributed by atoms with E-state index in [4.69, 9.17) is 35.6 Å². The summed E-state index contributed by atoms with van der Waals surface area (Å²) in [5, 5.41) is 25.4. The van der Waals surface area contributed by atoms with Gasteiger partial charge in [-0.3, -0.25) is 28.5 Å². The first kappa shape index (κ1) is 47.6. The van der Waals surface area contributed by atoms with Crippen LogP contribution in [0, 0.1) is 0 Å². The molecule has 1 aromatic rings. The highest BCUT2D eigenvalue weighted by Gasteiger charge is 2.49. The number of Topliss-reactive ketones (excluding diaryl/α,β-unsaturated/α-hetero) is 1. The van der Waals surface area contributed by atoms with Gasteiger partial charge in [-0.2, -0.15) is 20.4 Å². The summed E-state index contributed by atoms with van der Waals surface area (Å²) in [5.41, 5.74) is 9.12. The van der Waals surface area contributed by atoms with Crippen molar-refractivity contribution in [1.82, 2.24) is 20.2 Å². The number of hydrogen-bond acceptors (Lipinski definition) is 16. The van der Waals surface area contributed by atoms with E-state index in [1.807, 2.05) is 11.8 Å². The highest BCUT2D eigenvalue weighted by Crippen LogP contribution is 2.66. The number of allylic oxidation sites excluding steroid dienone is 1. The van der Waals surface area contributed by atoms with E-state index < -0.39 is 71.0 Å². The number of amides is 2. The molecule has 28 heteroatoms. The van der Waals surface area contributed by atoms with Gasteiger partial charge in [0.25, 0.3) is 5.56 Å². The lowest BCUT2D eigenvalue weighted by Gasteiger charge is -2.27. The topological polar surface area (TPSA) is 392 Å². The highest BCUT2D eigenvalue weighted by atomic mass is 32.2. The average Bonchev–Trinajstić information content (AvgIpc) is 3.75. The molecule has 0 bridgehead atoms. The molecular weight excluding hydrogens is 833 g/mol. The number of hydrogen-bond donors (Lipinski definition) is 11. The Bertz CT molecular complexity index is 1820. The zero-order chi connectivity index (χ0) is 41.8. The minimum atomic E-state index is -5.91. The van der Waals surface area contributed by atoms with Crippen molar-refractivity contribution in [2.24, 2.45) is 11.5 Å². The van der Waals surface area contributed by atoms with Gasteiger partial charge in [-0.15, -0.1) is 0 Å². The average molecular weight is 881 g/mol. The number of thioether (sulfide) groups is 1. The molecule has 9 atom stereocenters. The molecule has 1 aromatic heterocycles. The van der Waals surface area contributed by atoms with E-state index in [2.05, 4.69) is 24.2 Å². The summed E-state index contributed by atoms with van der Waals surface area (Å²) >= 11 is 1.87. The van der Waals surface area contributed by atoms with Gasteiger partial charge in [0, 0.05) is 42.0 Å². The summed E-state index contributed by atoms with van der Waals surface area (Å²) in [6.45, 7) is 0.322. The first-order valence-corrected chi connectivity index (χ1v) is 22.7. The Labute approximate surface area is 323 Å². The predicted octanol–water partition coefficient (Wildman–Crippen LogP) is -0.203. The SMILES string of the molecule is NC=CCc1cn([C@H]2C[C@H](O)[C@@H](C(OP(=O)(O)OP(=O)(O)OP(=O)(O)O)C(=O)CCCCCN)O2)c(=O)[nH]c1=O.O=C(O)CCCC[C@@H]1SC[C@@H]2NC(=O)N[C@@H]21. The molecule has 4 heterocycles. The zero-order valence-electron chi connectivity index (χ0n) is 29.7. The number of fused-ring (bicyclic) bond motifs is 1. The molecule has 24 nitrogen and oxygen atoms in total. The molecule has 3 aliphatic heterocycles. The second-order valence-corrected chi connectivity index (χ2v) is 18.4. The minimum absolute atomic E-state index is 0.0285. The molecule has 3 unspecified atom stereocenters. The first-order valence-electron chi connectivity index (χ1n) is 17.1. The van der Waals surface area contributed by atoms with Crippen molar-refractivity contribution < 1.29 is 75.7 Å². The monoisotopic (exact) mass is 880 g/mol. The molecule has 3 aliphatic rings. The fourth-order valence-electron chi connectivity index (χ4n) is 5.97. The fourth-order valence-corrected chi connectivity index (χ4v) is 10.7. The quantitative estimate of drug-likeness (QED) is 0.0432. The smallest absolute Gasteiger partial charge is 0.481 e. The number of ketones is 1. The van der Waals surface area contributed by atoms with Crippen molar-refractivity contribution >= 4 is 53.0 Å². The number of unbranched alkanes of at least 4 members (excludes halogenated alkanes) is 3. The van der Waals surface area contributed by atoms with E-state index in [1.165, 1.54) is 12.3 Å². The number of aromatic nitrogens is 2. The third-order valence-corrected chi connectivity index (χ3v) is 13.8. The summed E-state index contributed by atoms with van der Waals surface area (Å²) in [6, 6.07) is 0.440. The Hall–Kier alpha value is -2.73. The number of urea groups is 1. The summed E-state index contributed by atoms with van der Waals surface area (Å²) < 4.78 is 53.8. The van der Waals surface area contributed by atoms with Gasteiger partial charge >= 0.3 is 41.2 Å². The van der Waals surface area contributed by atoms with Gasteiger partial charge in [-0.25, -0.2) is 23.3 Å². The van der Waals surface area contributed by atoms with Crippen LogP contribution in [-0.2, 0) is 47.6 Å². The van der Waals surface area contributed by atoms with Gasteiger partial charge in [-0.05, 0) is 44.8 Å². The molecule has 3 fully saturated rings. The molecule has 4 rings (SSSR count). The number of phosphoric acid groups is 3. The van der Waals surface area contributed by atoms with Crippen LogP contribution in [0.2, 0.25) is 0 Å². The number of carbonyl (C=O) groups is 3. The molecule has 2 amide bonds. The molecule has 318 valence electrons. The molecular formula is C28H47N6O18P3S.